The smallest absolute Gasteiger partial charge is 0.244 e. The van der Waals surface area contributed by atoms with Crippen LogP contribution in [0.1, 0.15) is 29.5 Å². The van der Waals surface area contributed by atoms with E-state index in [0.29, 0.717) is 41.5 Å². The lowest BCUT2D eigenvalue weighted by Crippen LogP contribution is -2.15. The minimum atomic E-state index is -0.399. The quantitative estimate of drug-likeness (QED) is 0.689. The molecule has 1 aromatic carbocycles. The molecule has 6 nitrogen and oxygen atoms in total. The third-order valence-electron chi connectivity index (χ3n) is 4.02. The van der Waals surface area contributed by atoms with Gasteiger partial charge in [-0.1, -0.05) is 23.1 Å². The highest BCUT2D eigenvalue weighted by Gasteiger charge is 2.28. The Morgan fingerprint density at radius 2 is 2.08 bits per heavy atom. The SMILES string of the molecule is O[C@H]1CN[C@@H](c2nc(-c3ccc(C#Cc4cccc(F)c4)cn3)no2)C1. The van der Waals surface area contributed by atoms with Crippen LogP contribution in [-0.4, -0.2) is 32.9 Å². The van der Waals surface area contributed by atoms with E-state index < -0.39 is 6.10 Å². The van der Waals surface area contributed by atoms with Gasteiger partial charge in [0.25, 0.3) is 0 Å². The molecule has 0 unspecified atom stereocenters. The van der Waals surface area contributed by atoms with Crippen molar-refractivity contribution in [2.75, 3.05) is 6.54 Å². The van der Waals surface area contributed by atoms with Crippen LogP contribution in [0.5, 0.6) is 0 Å². The Bertz CT molecular complexity index is 975. The molecule has 2 N–H and O–H groups in total. The molecule has 0 amide bonds. The van der Waals surface area contributed by atoms with Gasteiger partial charge < -0.3 is 14.9 Å². The number of nitrogens with zero attached hydrogens (tertiary/aromatic N) is 3. The first-order valence-electron chi connectivity index (χ1n) is 8.16. The molecule has 0 aliphatic carbocycles. The van der Waals surface area contributed by atoms with Crippen LogP contribution in [0.4, 0.5) is 4.39 Å². The summed E-state index contributed by atoms with van der Waals surface area (Å²) in [6.45, 7) is 0.513. The largest absolute Gasteiger partial charge is 0.392 e. The summed E-state index contributed by atoms with van der Waals surface area (Å²) in [6.07, 6.45) is 1.75. The predicted molar refractivity (Wildman–Crippen MR) is 91.3 cm³/mol. The van der Waals surface area contributed by atoms with Crippen molar-refractivity contribution in [1.82, 2.24) is 20.4 Å². The highest BCUT2D eigenvalue weighted by molar-refractivity contribution is 5.51. The normalized spacial score (nSPS) is 19.2. The number of aliphatic hydroxyl groups is 1. The summed E-state index contributed by atoms with van der Waals surface area (Å²) in [7, 11) is 0. The summed E-state index contributed by atoms with van der Waals surface area (Å²) in [5.41, 5.74) is 1.86. The van der Waals surface area contributed by atoms with Crippen molar-refractivity contribution >= 4 is 0 Å². The number of rotatable bonds is 2. The van der Waals surface area contributed by atoms with Crippen molar-refractivity contribution < 1.29 is 14.0 Å². The molecule has 1 saturated heterocycles. The van der Waals surface area contributed by atoms with Gasteiger partial charge in [0.1, 0.15) is 11.5 Å². The molecule has 3 heterocycles. The molecule has 26 heavy (non-hydrogen) atoms. The first-order chi connectivity index (χ1) is 12.7. The molecule has 0 spiro atoms. The highest BCUT2D eigenvalue weighted by Crippen LogP contribution is 2.23. The van der Waals surface area contributed by atoms with Gasteiger partial charge in [-0.25, -0.2) is 4.39 Å². The monoisotopic (exact) mass is 350 g/mol. The maximum absolute atomic E-state index is 13.1. The molecular weight excluding hydrogens is 335 g/mol. The fraction of sp³-hybridized carbons (Fsp3) is 0.211. The summed E-state index contributed by atoms with van der Waals surface area (Å²) < 4.78 is 18.4. The summed E-state index contributed by atoms with van der Waals surface area (Å²) >= 11 is 0. The zero-order valence-corrected chi connectivity index (χ0v) is 13.7. The second kappa shape index (κ2) is 7.04. The van der Waals surface area contributed by atoms with Gasteiger partial charge in [-0.2, -0.15) is 4.98 Å². The lowest BCUT2D eigenvalue weighted by molar-refractivity contribution is 0.191. The number of aliphatic hydroxyl groups excluding tert-OH is 1. The Kier molecular flexibility index (Phi) is 4.44. The fourth-order valence-corrected chi connectivity index (χ4v) is 2.70. The van der Waals surface area contributed by atoms with E-state index in [-0.39, 0.29) is 11.9 Å². The van der Waals surface area contributed by atoms with Crippen LogP contribution in [0.2, 0.25) is 0 Å². The van der Waals surface area contributed by atoms with Gasteiger partial charge in [-0.05, 0) is 36.8 Å². The van der Waals surface area contributed by atoms with Crippen LogP contribution in [0, 0.1) is 17.7 Å². The maximum atomic E-state index is 13.1. The number of hydrogen-bond donors (Lipinski definition) is 2. The van der Waals surface area contributed by atoms with Crippen LogP contribution in [0.25, 0.3) is 11.5 Å². The molecule has 2 atom stereocenters. The summed E-state index contributed by atoms with van der Waals surface area (Å²) in [4.78, 5) is 8.64. The van der Waals surface area contributed by atoms with Gasteiger partial charge in [-0.3, -0.25) is 4.98 Å². The van der Waals surface area contributed by atoms with E-state index in [1.54, 1.807) is 30.5 Å². The molecule has 4 rings (SSSR count). The van der Waals surface area contributed by atoms with Crippen molar-refractivity contribution in [2.24, 2.45) is 0 Å². The fourth-order valence-electron chi connectivity index (χ4n) is 2.70. The topological polar surface area (TPSA) is 84.1 Å². The molecule has 1 fully saturated rings. The average molecular weight is 350 g/mol. The summed E-state index contributed by atoms with van der Waals surface area (Å²) in [5.74, 6) is 6.34. The molecular formula is C19H15FN4O2. The first-order valence-corrected chi connectivity index (χ1v) is 8.16. The number of nitrogens with one attached hydrogen (secondary N) is 1. The van der Waals surface area contributed by atoms with Gasteiger partial charge in [-0.15, -0.1) is 0 Å². The minimum absolute atomic E-state index is 0.136. The van der Waals surface area contributed by atoms with Gasteiger partial charge in [0, 0.05) is 23.9 Å². The van der Waals surface area contributed by atoms with E-state index in [1.807, 2.05) is 0 Å². The van der Waals surface area contributed by atoms with Crippen molar-refractivity contribution in [3.8, 4) is 23.4 Å². The number of β-amino-alcohol motifs (C(OH)–C–C–N with tert-alkyl or cyclic N) is 1. The molecule has 3 aromatic rings. The highest BCUT2D eigenvalue weighted by atomic mass is 19.1. The number of pyridine rings is 1. The van der Waals surface area contributed by atoms with E-state index in [2.05, 4.69) is 32.3 Å². The van der Waals surface area contributed by atoms with E-state index in [0.717, 1.165) is 0 Å². The second-order valence-electron chi connectivity index (χ2n) is 6.00. The Balaban J connectivity index is 1.49. The molecule has 2 aromatic heterocycles. The van der Waals surface area contributed by atoms with Crippen LogP contribution < -0.4 is 5.32 Å². The first kappa shape index (κ1) is 16.4. The summed E-state index contributed by atoms with van der Waals surface area (Å²) in [5, 5.41) is 16.6. The Morgan fingerprint density at radius 3 is 2.81 bits per heavy atom. The number of aromatic nitrogens is 3. The lowest BCUT2D eigenvalue weighted by atomic mass is 10.2. The van der Waals surface area contributed by atoms with E-state index in [9.17, 15) is 9.50 Å². The standard InChI is InChI=1S/C19H15FN4O2/c20-14-3-1-2-12(8-14)4-5-13-6-7-16(21-10-13)18-23-19(26-24-18)17-9-15(25)11-22-17/h1-3,6-8,10,15,17,22,25H,9,11H2/t15-,17-/m1/s1. The Morgan fingerprint density at radius 1 is 1.19 bits per heavy atom. The van der Waals surface area contributed by atoms with Gasteiger partial charge in [0.2, 0.25) is 11.7 Å². The third kappa shape index (κ3) is 3.61. The van der Waals surface area contributed by atoms with Gasteiger partial charge in [0.05, 0.1) is 12.1 Å². The number of benzene rings is 1. The minimum Gasteiger partial charge on any atom is -0.392 e. The Labute approximate surface area is 149 Å². The zero-order chi connectivity index (χ0) is 17.9. The van der Waals surface area contributed by atoms with Crippen LogP contribution in [-0.2, 0) is 0 Å². The van der Waals surface area contributed by atoms with Crippen molar-refractivity contribution in [2.45, 2.75) is 18.6 Å². The van der Waals surface area contributed by atoms with Gasteiger partial charge >= 0.3 is 0 Å². The van der Waals surface area contributed by atoms with Gasteiger partial charge in [0.15, 0.2) is 0 Å². The average Bonchev–Trinajstić information content (AvgIpc) is 3.29. The molecule has 0 radical (unpaired) electrons. The van der Waals surface area contributed by atoms with Crippen molar-refractivity contribution in [1.29, 1.82) is 0 Å². The lowest BCUT2D eigenvalue weighted by Gasteiger charge is -2.01. The molecule has 0 bridgehead atoms. The Hall–Kier alpha value is -3.08. The molecule has 1 aliphatic rings. The molecule has 7 heteroatoms. The van der Waals surface area contributed by atoms with Crippen LogP contribution >= 0.6 is 0 Å². The van der Waals surface area contributed by atoms with Crippen LogP contribution in [0.15, 0.2) is 47.1 Å². The predicted octanol–water partition coefficient (Wildman–Crippen LogP) is 2.07. The number of halogens is 1. The maximum Gasteiger partial charge on any atom is 0.244 e. The molecule has 1 aliphatic heterocycles. The third-order valence-corrected chi connectivity index (χ3v) is 4.02. The molecule has 130 valence electrons. The molecule has 0 saturated carbocycles. The number of hydrogen-bond acceptors (Lipinski definition) is 6. The van der Waals surface area contributed by atoms with E-state index in [4.69, 9.17) is 4.52 Å². The van der Waals surface area contributed by atoms with Crippen molar-refractivity contribution in [3.63, 3.8) is 0 Å². The summed E-state index contributed by atoms with van der Waals surface area (Å²) in [6, 6.07) is 9.53. The second-order valence-corrected chi connectivity index (χ2v) is 6.00. The van der Waals surface area contributed by atoms with E-state index >= 15 is 0 Å². The van der Waals surface area contributed by atoms with E-state index in [1.165, 1.54) is 12.1 Å². The zero-order valence-electron chi connectivity index (χ0n) is 13.7. The van der Waals surface area contributed by atoms with Crippen LogP contribution in [0.3, 0.4) is 0 Å². The van der Waals surface area contributed by atoms with Crippen molar-refractivity contribution in [3.05, 3.63) is 65.4 Å².